The van der Waals surface area contributed by atoms with Crippen LogP contribution in [0.2, 0.25) is 0 Å². The lowest BCUT2D eigenvalue weighted by atomic mass is 9.75. The number of nitrogens with zero attached hydrogens (tertiary/aromatic N) is 2. The van der Waals surface area contributed by atoms with Crippen LogP contribution in [0.15, 0.2) is 170 Å². The second kappa shape index (κ2) is 11.0. The van der Waals surface area contributed by atoms with E-state index in [9.17, 15) is 0 Å². The van der Waals surface area contributed by atoms with Crippen molar-refractivity contribution in [1.29, 1.82) is 0 Å². The molecular weight excluding hydrogens is 677 g/mol. The van der Waals surface area contributed by atoms with Gasteiger partial charge in [-0.05, 0) is 110 Å². The Morgan fingerprint density at radius 1 is 0.339 bits per heavy atom. The molecule has 0 saturated heterocycles. The second-order valence-corrected chi connectivity index (χ2v) is 16.9. The smallest absolute Gasteiger partial charge is 0.0541 e. The maximum atomic E-state index is 2.55. The van der Waals surface area contributed by atoms with Crippen molar-refractivity contribution in [2.45, 2.75) is 38.5 Å². The van der Waals surface area contributed by atoms with Gasteiger partial charge in [0.05, 0.1) is 22.1 Å². The number of hydrogen-bond acceptors (Lipinski definition) is 0. The Hall–Kier alpha value is -6.64. The lowest BCUT2D eigenvalue weighted by Crippen LogP contribution is -2.18. The predicted molar refractivity (Wildman–Crippen MR) is 236 cm³/mol. The van der Waals surface area contributed by atoms with Gasteiger partial charge in [-0.3, -0.25) is 0 Å². The van der Waals surface area contributed by atoms with Gasteiger partial charge in [0.2, 0.25) is 0 Å². The molecule has 0 aliphatic heterocycles. The second-order valence-electron chi connectivity index (χ2n) is 16.9. The van der Waals surface area contributed by atoms with Gasteiger partial charge in [0.15, 0.2) is 0 Å². The third-order valence-electron chi connectivity index (χ3n) is 13.3. The summed E-state index contributed by atoms with van der Waals surface area (Å²) in [4.78, 5) is 0. The Morgan fingerprint density at radius 3 is 1.23 bits per heavy atom. The molecule has 2 heteroatoms. The molecule has 0 amide bonds. The zero-order chi connectivity index (χ0) is 37.5. The van der Waals surface area contributed by atoms with E-state index in [4.69, 9.17) is 0 Å². The summed E-state index contributed by atoms with van der Waals surface area (Å²) in [5.41, 5.74) is 20.5. The highest BCUT2D eigenvalue weighted by Crippen LogP contribution is 2.62. The van der Waals surface area contributed by atoms with Crippen molar-refractivity contribution in [2.75, 3.05) is 0 Å². The number of fused-ring (bicyclic) bond motifs is 13. The van der Waals surface area contributed by atoms with Crippen LogP contribution in [0.4, 0.5) is 0 Å². The van der Waals surface area contributed by atoms with E-state index in [0.29, 0.717) is 0 Å². The van der Waals surface area contributed by atoms with Crippen molar-refractivity contribution in [3.05, 3.63) is 192 Å². The molecule has 56 heavy (non-hydrogen) atoms. The van der Waals surface area contributed by atoms with Crippen molar-refractivity contribution in [3.63, 3.8) is 0 Å². The molecule has 2 heterocycles. The van der Waals surface area contributed by atoms with Gasteiger partial charge in [0, 0.05) is 43.7 Å². The Kier molecular flexibility index (Phi) is 6.22. The molecule has 0 radical (unpaired) electrons. The van der Waals surface area contributed by atoms with Gasteiger partial charge in [-0.2, -0.15) is 0 Å². The van der Waals surface area contributed by atoms with Crippen molar-refractivity contribution >= 4 is 43.6 Å². The van der Waals surface area contributed by atoms with Crippen LogP contribution in [0.3, 0.4) is 0 Å². The molecule has 8 aromatic carbocycles. The van der Waals surface area contributed by atoms with E-state index in [0.717, 1.165) is 0 Å². The normalized spacial score (nSPS) is 14.7. The molecule has 2 aliphatic rings. The highest BCUT2D eigenvalue weighted by atomic mass is 15.0. The molecular formula is C54H40N2. The molecule has 2 aromatic heterocycles. The fourth-order valence-electron chi connectivity index (χ4n) is 10.7. The molecule has 12 rings (SSSR count). The minimum atomic E-state index is -0.221. The largest absolute Gasteiger partial charge is 0.309 e. The fourth-order valence-corrected chi connectivity index (χ4v) is 10.7. The average Bonchev–Trinajstić information content (AvgIpc) is 3.89. The lowest BCUT2D eigenvalue weighted by molar-refractivity contribution is 0.652. The zero-order valence-corrected chi connectivity index (χ0v) is 32.1. The van der Waals surface area contributed by atoms with Crippen molar-refractivity contribution < 1.29 is 0 Å². The summed E-state index contributed by atoms with van der Waals surface area (Å²) in [6.45, 7) is 9.72. The Morgan fingerprint density at radius 2 is 0.750 bits per heavy atom. The summed E-state index contributed by atoms with van der Waals surface area (Å²) in [6, 6.07) is 63.5. The van der Waals surface area contributed by atoms with Crippen molar-refractivity contribution in [3.8, 4) is 44.8 Å². The molecule has 2 aliphatic carbocycles. The first-order chi connectivity index (χ1) is 27.3. The Bertz CT molecular complexity index is 3190. The predicted octanol–water partition coefficient (Wildman–Crippen LogP) is 14.2. The van der Waals surface area contributed by atoms with Gasteiger partial charge < -0.3 is 9.13 Å². The molecule has 0 atom stereocenters. The van der Waals surface area contributed by atoms with Crippen LogP contribution in [0, 0.1) is 0 Å². The molecule has 2 nitrogen and oxygen atoms in total. The van der Waals surface area contributed by atoms with E-state index in [1.165, 1.54) is 111 Å². The summed E-state index contributed by atoms with van der Waals surface area (Å²) in [5.74, 6) is 0. The Balaban J connectivity index is 1.18. The average molecular weight is 717 g/mol. The minimum Gasteiger partial charge on any atom is -0.309 e. The zero-order valence-electron chi connectivity index (χ0n) is 32.1. The van der Waals surface area contributed by atoms with E-state index in [1.54, 1.807) is 0 Å². The van der Waals surface area contributed by atoms with Gasteiger partial charge in [-0.1, -0.05) is 143 Å². The summed E-state index contributed by atoms with van der Waals surface area (Å²) >= 11 is 0. The Labute approximate surface area is 326 Å². The lowest BCUT2D eigenvalue weighted by Gasteiger charge is -2.28. The van der Waals surface area contributed by atoms with Crippen molar-refractivity contribution in [2.24, 2.45) is 0 Å². The maximum absolute atomic E-state index is 2.55. The van der Waals surface area contributed by atoms with Crippen LogP contribution in [0.25, 0.3) is 88.4 Å². The molecule has 0 spiro atoms. The standard InChI is InChI=1S/C54H40N2/c1-53(2)43-28-26-34(55-46-22-12-8-18-36(46)37-19-9-13-23-47(37)55)30-41(43)50-45(53)32-40(33-16-6-5-7-17-33)52-51(50)42-31-35(27-29-44(42)54(52,3)4)56-48-24-14-10-20-38(48)39-21-11-15-25-49(39)56/h5-32H,1-4H3. The van der Waals surface area contributed by atoms with Gasteiger partial charge in [0.1, 0.15) is 0 Å². The first kappa shape index (κ1) is 31.7. The van der Waals surface area contributed by atoms with Gasteiger partial charge in [-0.15, -0.1) is 0 Å². The molecule has 266 valence electrons. The number of aromatic nitrogens is 2. The quantitative estimate of drug-likeness (QED) is 0.172. The minimum absolute atomic E-state index is 0.195. The van der Waals surface area contributed by atoms with E-state index < -0.39 is 0 Å². The fraction of sp³-hybridized carbons (Fsp3) is 0.111. The highest BCUT2D eigenvalue weighted by molar-refractivity contribution is 6.11. The highest BCUT2D eigenvalue weighted by Gasteiger charge is 2.45. The molecule has 0 N–H and O–H groups in total. The SMILES string of the molecule is CC1(C)c2ccc(-n3c4ccccc4c4ccccc43)cc2-c2c1cc(-c1ccccc1)c1c2-c2cc(-n3c4ccccc4c4ccccc43)ccc2C1(C)C. The van der Waals surface area contributed by atoms with Crippen LogP contribution < -0.4 is 0 Å². The van der Waals surface area contributed by atoms with Gasteiger partial charge in [0.25, 0.3) is 0 Å². The monoisotopic (exact) mass is 716 g/mol. The van der Waals surface area contributed by atoms with E-state index in [-0.39, 0.29) is 10.8 Å². The molecule has 0 bridgehead atoms. The van der Waals surface area contributed by atoms with Gasteiger partial charge >= 0.3 is 0 Å². The van der Waals surface area contributed by atoms with E-state index >= 15 is 0 Å². The number of para-hydroxylation sites is 4. The number of benzene rings is 8. The van der Waals surface area contributed by atoms with Crippen LogP contribution >= 0.6 is 0 Å². The maximum Gasteiger partial charge on any atom is 0.0541 e. The molecule has 0 fully saturated rings. The summed E-state index contributed by atoms with van der Waals surface area (Å²) < 4.78 is 4.93. The molecule has 0 unspecified atom stereocenters. The summed E-state index contributed by atoms with van der Waals surface area (Å²) in [6.07, 6.45) is 0. The first-order valence-corrected chi connectivity index (χ1v) is 19.9. The van der Waals surface area contributed by atoms with Crippen LogP contribution in [-0.4, -0.2) is 9.13 Å². The van der Waals surface area contributed by atoms with E-state index in [1.807, 2.05) is 0 Å². The van der Waals surface area contributed by atoms with Gasteiger partial charge in [-0.25, -0.2) is 0 Å². The van der Waals surface area contributed by atoms with Crippen LogP contribution in [0.5, 0.6) is 0 Å². The molecule has 0 saturated carbocycles. The first-order valence-electron chi connectivity index (χ1n) is 19.9. The third-order valence-corrected chi connectivity index (χ3v) is 13.3. The van der Waals surface area contributed by atoms with Crippen LogP contribution in [-0.2, 0) is 10.8 Å². The van der Waals surface area contributed by atoms with E-state index in [2.05, 4.69) is 207 Å². The topological polar surface area (TPSA) is 9.86 Å². The third kappa shape index (κ3) is 4.01. The molecule has 10 aromatic rings. The van der Waals surface area contributed by atoms with Crippen molar-refractivity contribution in [1.82, 2.24) is 9.13 Å². The number of rotatable bonds is 3. The summed E-state index contributed by atoms with van der Waals surface area (Å²) in [5, 5.41) is 5.13. The van der Waals surface area contributed by atoms with Crippen LogP contribution in [0.1, 0.15) is 49.9 Å². The summed E-state index contributed by atoms with van der Waals surface area (Å²) in [7, 11) is 0. The number of hydrogen-bond donors (Lipinski definition) is 0.